The smallest absolute Gasteiger partial charge is 0.315 e. The number of urea groups is 1. The van der Waals surface area contributed by atoms with E-state index >= 15 is 0 Å². The van der Waals surface area contributed by atoms with E-state index in [1.54, 1.807) is 0 Å². The van der Waals surface area contributed by atoms with Gasteiger partial charge in [-0.05, 0) is 51.9 Å². The molecule has 3 aliphatic carbocycles. The first kappa shape index (κ1) is 15.1. The fraction of sp³-hybridized carbons (Fsp3) is 0.938. The fourth-order valence-corrected chi connectivity index (χ4v) is 4.25. The molecule has 0 aromatic rings. The molecule has 3 N–H and O–H groups in total. The van der Waals surface area contributed by atoms with Crippen LogP contribution in [0, 0.1) is 5.41 Å². The molecule has 2 atom stereocenters. The number of nitrogens with one attached hydrogen (secondary N) is 2. The van der Waals surface area contributed by atoms with E-state index in [2.05, 4.69) is 10.6 Å². The standard InChI is InChI=1S/C16H28N2O3/c1-2-21-14-10-13(16(14)8-3-9-16)18-15(20)17-11-4-6-12(19)7-5-11/h11-14,19H,2-10H2,1H3,(H2,17,18,20). The Morgan fingerprint density at radius 2 is 1.95 bits per heavy atom. The number of aliphatic hydroxyl groups is 1. The number of hydrogen-bond donors (Lipinski definition) is 3. The number of rotatable bonds is 4. The number of carbonyl (C=O) groups is 1. The number of amides is 2. The van der Waals surface area contributed by atoms with Crippen LogP contribution in [0.2, 0.25) is 0 Å². The van der Waals surface area contributed by atoms with Gasteiger partial charge in [0.1, 0.15) is 0 Å². The first-order valence-corrected chi connectivity index (χ1v) is 8.51. The molecule has 2 unspecified atom stereocenters. The zero-order valence-electron chi connectivity index (χ0n) is 12.9. The quantitative estimate of drug-likeness (QED) is 0.742. The molecule has 5 heteroatoms. The molecule has 5 nitrogen and oxygen atoms in total. The van der Waals surface area contributed by atoms with Crippen LogP contribution in [0.3, 0.4) is 0 Å². The molecule has 3 saturated carbocycles. The second-order valence-corrected chi connectivity index (χ2v) is 6.94. The van der Waals surface area contributed by atoms with Gasteiger partial charge in [0, 0.05) is 24.1 Å². The lowest BCUT2D eigenvalue weighted by atomic mass is 9.51. The van der Waals surface area contributed by atoms with E-state index in [4.69, 9.17) is 4.74 Å². The molecule has 21 heavy (non-hydrogen) atoms. The first-order chi connectivity index (χ1) is 10.1. The summed E-state index contributed by atoms with van der Waals surface area (Å²) in [6.45, 7) is 2.80. The Kier molecular flexibility index (Phi) is 4.41. The Morgan fingerprint density at radius 1 is 1.24 bits per heavy atom. The van der Waals surface area contributed by atoms with Gasteiger partial charge in [0.25, 0.3) is 0 Å². The van der Waals surface area contributed by atoms with E-state index < -0.39 is 0 Å². The minimum absolute atomic E-state index is 0.0392. The van der Waals surface area contributed by atoms with E-state index in [0.29, 0.717) is 6.10 Å². The van der Waals surface area contributed by atoms with Crippen LogP contribution in [0.5, 0.6) is 0 Å². The van der Waals surface area contributed by atoms with Gasteiger partial charge in [-0.15, -0.1) is 0 Å². The normalized spacial score (nSPS) is 37.4. The van der Waals surface area contributed by atoms with Gasteiger partial charge in [0.15, 0.2) is 0 Å². The Bertz CT molecular complexity index is 376. The average Bonchev–Trinajstić information content (AvgIpc) is 2.38. The predicted molar refractivity (Wildman–Crippen MR) is 80.0 cm³/mol. The van der Waals surface area contributed by atoms with E-state index in [1.165, 1.54) is 19.3 Å². The third-order valence-electron chi connectivity index (χ3n) is 5.77. The molecular weight excluding hydrogens is 268 g/mol. The summed E-state index contributed by atoms with van der Waals surface area (Å²) in [6, 6.07) is 0.452. The van der Waals surface area contributed by atoms with Crippen molar-refractivity contribution in [1.82, 2.24) is 10.6 Å². The highest BCUT2D eigenvalue weighted by Gasteiger charge is 2.59. The first-order valence-electron chi connectivity index (χ1n) is 8.51. The molecule has 0 bridgehead atoms. The molecule has 0 aromatic heterocycles. The summed E-state index contributed by atoms with van der Waals surface area (Å²) in [5.41, 5.74) is 0.218. The van der Waals surface area contributed by atoms with Crippen LogP contribution < -0.4 is 10.6 Å². The lowest BCUT2D eigenvalue weighted by Gasteiger charge is -2.60. The van der Waals surface area contributed by atoms with Gasteiger partial charge in [-0.25, -0.2) is 4.79 Å². The van der Waals surface area contributed by atoms with Crippen molar-refractivity contribution < 1.29 is 14.6 Å². The molecule has 0 heterocycles. The van der Waals surface area contributed by atoms with Gasteiger partial charge in [0.05, 0.1) is 12.2 Å². The van der Waals surface area contributed by atoms with Crippen molar-refractivity contribution in [1.29, 1.82) is 0 Å². The minimum Gasteiger partial charge on any atom is -0.393 e. The monoisotopic (exact) mass is 296 g/mol. The fourth-order valence-electron chi connectivity index (χ4n) is 4.25. The molecule has 0 radical (unpaired) electrons. The van der Waals surface area contributed by atoms with Crippen LogP contribution in [0.15, 0.2) is 0 Å². The van der Waals surface area contributed by atoms with Crippen LogP contribution in [0.4, 0.5) is 4.79 Å². The Morgan fingerprint density at radius 3 is 2.52 bits per heavy atom. The Hall–Kier alpha value is -0.810. The second kappa shape index (κ2) is 6.13. The molecule has 3 rings (SSSR count). The van der Waals surface area contributed by atoms with Crippen LogP contribution in [0.25, 0.3) is 0 Å². The van der Waals surface area contributed by atoms with Crippen LogP contribution in [0.1, 0.15) is 58.3 Å². The third kappa shape index (κ3) is 2.90. The number of carbonyl (C=O) groups excluding carboxylic acids is 1. The molecular formula is C16H28N2O3. The highest BCUT2D eigenvalue weighted by molar-refractivity contribution is 5.75. The van der Waals surface area contributed by atoms with Crippen molar-refractivity contribution >= 4 is 6.03 Å². The van der Waals surface area contributed by atoms with Gasteiger partial charge < -0.3 is 20.5 Å². The average molecular weight is 296 g/mol. The molecule has 0 aliphatic heterocycles. The Balaban J connectivity index is 1.45. The van der Waals surface area contributed by atoms with Crippen molar-refractivity contribution in [2.45, 2.75) is 82.6 Å². The van der Waals surface area contributed by atoms with Crippen molar-refractivity contribution in [3.8, 4) is 0 Å². The number of hydrogen-bond acceptors (Lipinski definition) is 3. The summed E-state index contributed by atoms with van der Waals surface area (Å²) < 4.78 is 5.81. The minimum atomic E-state index is -0.178. The van der Waals surface area contributed by atoms with Crippen molar-refractivity contribution in [3.05, 3.63) is 0 Å². The van der Waals surface area contributed by atoms with E-state index in [0.717, 1.165) is 38.7 Å². The molecule has 120 valence electrons. The maximum atomic E-state index is 12.2. The number of ether oxygens (including phenoxy) is 1. The summed E-state index contributed by atoms with van der Waals surface area (Å²) >= 11 is 0. The Labute approximate surface area is 126 Å². The van der Waals surface area contributed by atoms with E-state index in [-0.39, 0.29) is 29.6 Å². The second-order valence-electron chi connectivity index (χ2n) is 6.94. The highest BCUT2D eigenvalue weighted by Crippen LogP contribution is 2.57. The summed E-state index contributed by atoms with van der Waals surface area (Å²) in [4.78, 5) is 12.2. The van der Waals surface area contributed by atoms with Crippen LogP contribution in [-0.2, 0) is 4.74 Å². The molecule has 2 amide bonds. The summed E-state index contributed by atoms with van der Waals surface area (Å²) in [6.07, 6.45) is 8.08. The molecule has 0 aromatic carbocycles. The maximum absolute atomic E-state index is 12.2. The van der Waals surface area contributed by atoms with E-state index in [1.807, 2.05) is 6.92 Å². The molecule has 1 spiro atoms. The predicted octanol–water partition coefficient (Wildman–Crippen LogP) is 1.94. The summed E-state index contributed by atoms with van der Waals surface area (Å²) in [5.74, 6) is 0. The summed E-state index contributed by atoms with van der Waals surface area (Å²) in [5, 5.41) is 15.7. The number of aliphatic hydroxyl groups excluding tert-OH is 1. The zero-order chi connectivity index (χ0) is 14.9. The van der Waals surface area contributed by atoms with E-state index in [9.17, 15) is 9.90 Å². The lowest BCUT2D eigenvalue weighted by molar-refractivity contribution is -0.169. The third-order valence-corrected chi connectivity index (χ3v) is 5.77. The van der Waals surface area contributed by atoms with Gasteiger partial charge in [-0.1, -0.05) is 6.42 Å². The van der Waals surface area contributed by atoms with Crippen molar-refractivity contribution in [3.63, 3.8) is 0 Å². The molecule has 0 saturated heterocycles. The van der Waals surface area contributed by atoms with Crippen LogP contribution in [-0.4, -0.2) is 42.0 Å². The van der Waals surface area contributed by atoms with Crippen molar-refractivity contribution in [2.75, 3.05) is 6.61 Å². The topological polar surface area (TPSA) is 70.6 Å². The van der Waals surface area contributed by atoms with Gasteiger partial charge >= 0.3 is 6.03 Å². The maximum Gasteiger partial charge on any atom is 0.315 e. The van der Waals surface area contributed by atoms with Gasteiger partial charge in [-0.2, -0.15) is 0 Å². The van der Waals surface area contributed by atoms with Gasteiger partial charge in [0.2, 0.25) is 0 Å². The largest absolute Gasteiger partial charge is 0.393 e. The highest BCUT2D eigenvalue weighted by atomic mass is 16.5. The van der Waals surface area contributed by atoms with Gasteiger partial charge in [-0.3, -0.25) is 0 Å². The molecule has 3 aliphatic rings. The van der Waals surface area contributed by atoms with Crippen LogP contribution >= 0.6 is 0 Å². The molecule has 3 fully saturated rings. The van der Waals surface area contributed by atoms with Crippen molar-refractivity contribution in [2.24, 2.45) is 5.41 Å². The zero-order valence-corrected chi connectivity index (χ0v) is 12.9. The SMILES string of the molecule is CCOC1CC(NC(=O)NC2CCC(O)CC2)C12CCC2. The lowest BCUT2D eigenvalue weighted by Crippen LogP contribution is -2.68. The summed E-state index contributed by atoms with van der Waals surface area (Å²) in [7, 11) is 0.